The van der Waals surface area contributed by atoms with Gasteiger partial charge in [-0.3, -0.25) is 9.00 Å². The third-order valence-corrected chi connectivity index (χ3v) is 5.77. The minimum atomic E-state index is -1.00. The highest BCUT2D eigenvalue weighted by Gasteiger charge is 2.15. The summed E-state index contributed by atoms with van der Waals surface area (Å²) in [6.45, 7) is 0.118. The number of benzene rings is 3. The first-order valence-electron chi connectivity index (χ1n) is 10.5. The van der Waals surface area contributed by atoms with E-state index in [1.54, 1.807) is 30.5 Å². The topological polar surface area (TPSA) is 72.5 Å². The number of esters is 1. The monoisotopic (exact) mass is 449 g/mol. The lowest BCUT2D eigenvalue weighted by Crippen LogP contribution is -2.30. The van der Waals surface area contributed by atoms with Crippen LogP contribution >= 0.6 is 0 Å². The minimum absolute atomic E-state index is 0.159. The van der Waals surface area contributed by atoms with Crippen LogP contribution in [0.1, 0.15) is 39.4 Å². The van der Waals surface area contributed by atoms with Gasteiger partial charge < -0.3 is 10.1 Å². The Bertz CT molecular complexity index is 1010. The van der Waals surface area contributed by atoms with Crippen LogP contribution in [0.3, 0.4) is 0 Å². The van der Waals surface area contributed by atoms with Crippen LogP contribution in [-0.4, -0.2) is 35.5 Å². The summed E-state index contributed by atoms with van der Waals surface area (Å²) in [5, 5.41) is 2.84. The number of rotatable bonds is 10. The molecular formula is C26H27NO4S. The van der Waals surface area contributed by atoms with Crippen molar-refractivity contribution in [2.24, 2.45) is 0 Å². The van der Waals surface area contributed by atoms with E-state index in [4.69, 9.17) is 4.74 Å². The lowest BCUT2D eigenvalue weighted by molar-refractivity contribution is -0.124. The van der Waals surface area contributed by atoms with Crippen LogP contribution in [-0.2, 0) is 26.1 Å². The Morgan fingerprint density at radius 3 is 2.12 bits per heavy atom. The van der Waals surface area contributed by atoms with Crippen molar-refractivity contribution in [3.8, 4) is 0 Å². The van der Waals surface area contributed by atoms with Crippen LogP contribution in [0.15, 0.2) is 84.9 Å². The van der Waals surface area contributed by atoms with Gasteiger partial charge >= 0.3 is 5.97 Å². The van der Waals surface area contributed by atoms with E-state index in [0.717, 1.165) is 12.0 Å². The standard InChI is InChI=1S/C26H27NO4S/c1-32(30)19-20-9-8-14-23(17-20)26(29)31-18-25(28)27-16-15-24(21-10-4-2-5-11-21)22-12-6-3-7-13-22/h2-14,17,24H,15-16,18-19H2,1H3,(H,27,28). The fourth-order valence-electron chi connectivity index (χ4n) is 3.54. The molecule has 0 aliphatic carbocycles. The predicted molar refractivity (Wildman–Crippen MR) is 127 cm³/mol. The summed E-state index contributed by atoms with van der Waals surface area (Å²) in [6.07, 6.45) is 2.33. The molecule has 1 atom stereocenters. The van der Waals surface area contributed by atoms with Gasteiger partial charge in [0.1, 0.15) is 0 Å². The van der Waals surface area contributed by atoms with Crippen LogP contribution < -0.4 is 5.32 Å². The highest BCUT2D eigenvalue weighted by atomic mass is 32.2. The zero-order chi connectivity index (χ0) is 22.8. The molecule has 0 heterocycles. The zero-order valence-electron chi connectivity index (χ0n) is 18.0. The number of ether oxygens (including phenoxy) is 1. The smallest absolute Gasteiger partial charge is 0.338 e. The van der Waals surface area contributed by atoms with Crippen LogP contribution in [0.5, 0.6) is 0 Å². The molecule has 0 saturated heterocycles. The van der Waals surface area contributed by atoms with Gasteiger partial charge in [0.25, 0.3) is 5.91 Å². The normalized spacial score (nSPS) is 11.7. The molecule has 1 amide bonds. The quantitative estimate of drug-likeness (QED) is 0.474. The van der Waals surface area contributed by atoms with Crippen molar-refractivity contribution in [1.29, 1.82) is 0 Å². The molecule has 0 saturated carbocycles. The van der Waals surface area contributed by atoms with Gasteiger partial charge in [-0.25, -0.2) is 4.79 Å². The third-order valence-electron chi connectivity index (χ3n) is 5.03. The zero-order valence-corrected chi connectivity index (χ0v) is 18.8. The Labute approximate surface area is 191 Å². The fraction of sp³-hybridized carbons (Fsp3) is 0.231. The molecule has 0 aromatic heterocycles. The summed E-state index contributed by atoms with van der Waals surface area (Å²) >= 11 is 0. The van der Waals surface area contributed by atoms with E-state index in [2.05, 4.69) is 29.6 Å². The van der Waals surface area contributed by atoms with Crippen molar-refractivity contribution < 1.29 is 18.5 Å². The Morgan fingerprint density at radius 1 is 0.906 bits per heavy atom. The first-order chi connectivity index (χ1) is 15.5. The molecule has 0 aliphatic rings. The van der Waals surface area contributed by atoms with E-state index < -0.39 is 16.8 Å². The average molecular weight is 450 g/mol. The van der Waals surface area contributed by atoms with E-state index in [0.29, 0.717) is 17.9 Å². The largest absolute Gasteiger partial charge is 0.452 e. The second-order valence-corrected chi connectivity index (χ2v) is 8.94. The average Bonchev–Trinajstić information content (AvgIpc) is 2.81. The van der Waals surface area contributed by atoms with Crippen LogP contribution in [0.2, 0.25) is 0 Å². The second-order valence-electron chi connectivity index (χ2n) is 7.51. The molecule has 0 spiro atoms. The Morgan fingerprint density at radius 2 is 1.53 bits per heavy atom. The molecule has 0 fully saturated rings. The summed E-state index contributed by atoms with van der Waals surface area (Å²) < 4.78 is 16.5. The summed E-state index contributed by atoms with van der Waals surface area (Å²) in [5.41, 5.74) is 3.51. The molecule has 0 radical (unpaired) electrons. The number of hydrogen-bond donors (Lipinski definition) is 1. The lowest BCUT2D eigenvalue weighted by Gasteiger charge is -2.18. The SMILES string of the molecule is CS(=O)Cc1cccc(C(=O)OCC(=O)NCCC(c2ccccc2)c2ccccc2)c1. The molecule has 3 aromatic carbocycles. The molecule has 5 nitrogen and oxygen atoms in total. The van der Waals surface area contributed by atoms with Crippen molar-refractivity contribution in [3.63, 3.8) is 0 Å². The maximum Gasteiger partial charge on any atom is 0.338 e. The van der Waals surface area contributed by atoms with Crippen molar-refractivity contribution in [3.05, 3.63) is 107 Å². The molecule has 3 rings (SSSR count). The van der Waals surface area contributed by atoms with Gasteiger partial charge in [0, 0.05) is 35.3 Å². The summed E-state index contributed by atoms with van der Waals surface area (Å²) in [5.74, 6) is -0.391. The minimum Gasteiger partial charge on any atom is -0.452 e. The number of nitrogens with one attached hydrogen (secondary N) is 1. The van der Waals surface area contributed by atoms with Crippen molar-refractivity contribution in [1.82, 2.24) is 5.32 Å². The Kier molecular flexibility index (Phi) is 8.75. The van der Waals surface area contributed by atoms with Crippen LogP contribution in [0.25, 0.3) is 0 Å². The van der Waals surface area contributed by atoms with Crippen LogP contribution in [0, 0.1) is 0 Å². The number of carbonyl (C=O) groups excluding carboxylic acids is 2. The van der Waals surface area contributed by atoms with Gasteiger partial charge in [-0.05, 0) is 35.2 Å². The second kappa shape index (κ2) is 12.0. The first-order valence-corrected chi connectivity index (χ1v) is 12.2. The number of amides is 1. The molecule has 1 N–H and O–H groups in total. The van der Waals surface area contributed by atoms with Gasteiger partial charge in [-0.1, -0.05) is 72.8 Å². The number of carbonyl (C=O) groups is 2. The summed E-state index contributed by atoms with van der Waals surface area (Å²) in [4.78, 5) is 24.5. The molecule has 3 aromatic rings. The van der Waals surface area contributed by atoms with E-state index in [9.17, 15) is 13.8 Å². The van der Waals surface area contributed by atoms with Gasteiger partial charge in [0.15, 0.2) is 6.61 Å². The molecule has 1 unspecified atom stereocenters. The van der Waals surface area contributed by atoms with Gasteiger partial charge in [0.05, 0.1) is 5.56 Å². The van der Waals surface area contributed by atoms with Gasteiger partial charge in [-0.15, -0.1) is 0 Å². The Balaban J connectivity index is 1.51. The molecule has 0 aliphatic heterocycles. The molecule has 166 valence electrons. The Hall–Kier alpha value is -3.25. The van der Waals surface area contributed by atoms with E-state index in [1.165, 1.54) is 11.1 Å². The van der Waals surface area contributed by atoms with Gasteiger partial charge in [0.2, 0.25) is 0 Å². The van der Waals surface area contributed by atoms with Gasteiger partial charge in [-0.2, -0.15) is 0 Å². The lowest BCUT2D eigenvalue weighted by atomic mass is 9.88. The van der Waals surface area contributed by atoms with Crippen molar-refractivity contribution >= 4 is 22.7 Å². The van der Waals surface area contributed by atoms with Crippen LogP contribution in [0.4, 0.5) is 0 Å². The summed E-state index contributed by atoms with van der Waals surface area (Å²) in [6, 6.07) is 27.1. The van der Waals surface area contributed by atoms with E-state index in [-0.39, 0.29) is 18.4 Å². The van der Waals surface area contributed by atoms with E-state index >= 15 is 0 Å². The maximum absolute atomic E-state index is 12.3. The van der Waals surface area contributed by atoms with Crippen molar-refractivity contribution in [2.45, 2.75) is 18.1 Å². The molecule has 0 bridgehead atoms. The first kappa shape index (κ1) is 23.4. The highest BCUT2D eigenvalue weighted by Crippen LogP contribution is 2.27. The summed E-state index contributed by atoms with van der Waals surface area (Å²) in [7, 11) is -1.00. The predicted octanol–water partition coefficient (Wildman–Crippen LogP) is 4.06. The number of hydrogen-bond acceptors (Lipinski definition) is 4. The third kappa shape index (κ3) is 7.17. The maximum atomic E-state index is 12.3. The van der Waals surface area contributed by atoms with Crippen molar-refractivity contribution in [2.75, 3.05) is 19.4 Å². The fourth-order valence-corrected chi connectivity index (χ4v) is 4.19. The molecule has 32 heavy (non-hydrogen) atoms. The molecule has 6 heteroatoms. The highest BCUT2D eigenvalue weighted by molar-refractivity contribution is 7.83. The van der Waals surface area contributed by atoms with E-state index in [1.807, 2.05) is 36.4 Å². The molecular weight excluding hydrogens is 422 g/mol.